The van der Waals surface area contributed by atoms with Crippen molar-refractivity contribution in [3.8, 4) is 0 Å². The minimum Gasteiger partial charge on any atom is -0.399 e. The summed E-state index contributed by atoms with van der Waals surface area (Å²) in [6.45, 7) is 2.71. The topological polar surface area (TPSA) is 46.3 Å². The Morgan fingerprint density at radius 2 is 2.21 bits per heavy atom. The number of carbonyl (C=O) groups is 1. The van der Waals surface area contributed by atoms with E-state index in [4.69, 9.17) is 5.73 Å². The number of carbonyl (C=O) groups excluding carboxylic acids is 1. The molecule has 0 saturated carbocycles. The Labute approximate surface area is 89.3 Å². The summed E-state index contributed by atoms with van der Waals surface area (Å²) in [5.41, 5.74) is 8.42. The van der Waals surface area contributed by atoms with E-state index in [0.717, 1.165) is 23.5 Å². The average molecular weight is 213 g/mol. The third kappa shape index (κ3) is 1.55. The number of nitrogens with zero attached hydrogens (tertiary/aromatic N) is 1. The number of nitrogen functional groups attached to an aromatic ring is 1. The second kappa shape index (κ2) is 3.88. The lowest BCUT2D eigenvalue weighted by Gasteiger charge is -2.14. The Balaban J connectivity index is 0.000000980. The molecule has 1 aliphatic heterocycles. The molecule has 0 radical (unpaired) electrons. The Morgan fingerprint density at radius 3 is 2.86 bits per heavy atom. The zero-order valence-electron chi connectivity index (χ0n) is 7.99. The number of hydrogen-bond acceptors (Lipinski definition) is 2. The summed E-state index contributed by atoms with van der Waals surface area (Å²) in [4.78, 5) is 13.2. The average Bonchev–Trinajstić information content (AvgIpc) is 2.39. The molecule has 1 aromatic rings. The zero-order valence-corrected chi connectivity index (χ0v) is 8.80. The molecule has 2 rings (SSSR count). The van der Waals surface area contributed by atoms with E-state index in [-0.39, 0.29) is 18.3 Å². The maximum absolute atomic E-state index is 11.5. The van der Waals surface area contributed by atoms with Gasteiger partial charge in [-0.25, -0.2) is 0 Å². The molecule has 0 aliphatic carbocycles. The summed E-state index contributed by atoms with van der Waals surface area (Å²) in [6, 6.07) is 5.63. The number of likely N-dealkylation sites (N-methyl/N-ethyl adjacent to an activating group) is 1. The van der Waals surface area contributed by atoms with Crippen LogP contribution in [0.4, 0.5) is 11.4 Å². The van der Waals surface area contributed by atoms with Crippen LogP contribution in [0, 0.1) is 0 Å². The molecule has 1 heterocycles. The first-order valence-electron chi connectivity index (χ1n) is 4.41. The molecule has 3 nitrogen and oxygen atoms in total. The number of rotatable bonds is 1. The fourth-order valence-electron chi connectivity index (χ4n) is 1.75. The lowest BCUT2D eigenvalue weighted by atomic mass is 10.1. The lowest BCUT2D eigenvalue weighted by Crippen LogP contribution is -2.25. The number of nitrogens with two attached hydrogens (primary N) is 1. The van der Waals surface area contributed by atoms with Crippen molar-refractivity contribution in [2.75, 3.05) is 17.2 Å². The van der Waals surface area contributed by atoms with Crippen LogP contribution < -0.4 is 10.6 Å². The molecule has 1 aromatic carbocycles. The number of halogens is 1. The van der Waals surface area contributed by atoms with Crippen LogP contribution in [0.3, 0.4) is 0 Å². The summed E-state index contributed by atoms with van der Waals surface area (Å²) in [7, 11) is 0. The molecule has 0 fully saturated rings. The number of amides is 1. The molecule has 0 aromatic heterocycles. The molecule has 0 saturated heterocycles. The summed E-state index contributed by atoms with van der Waals surface area (Å²) in [5, 5.41) is 0. The highest BCUT2D eigenvalue weighted by Gasteiger charge is 2.25. The smallest absolute Gasteiger partial charge is 0.231 e. The van der Waals surface area contributed by atoms with Gasteiger partial charge in [0.05, 0.1) is 6.42 Å². The van der Waals surface area contributed by atoms with Crippen molar-refractivity contribution in [3.63, 3.8) is 0 Å². The van der Waals surface area contributed by atoms with E-state index < -0.39 is 0 Å². The second-order valence-corrected chi connectivity index (χ2v) is 3.20. The predicted octanol–water partition coefficient (Wildman–Crippen LogP) is 1.60. The molecule has 0 atom stereocenters. The van der Waals surface area contributed by atoms with Crippen LogP contribution in [-0.2, 0) is 11.2 Å². The Hall–Kier alpha value is -1.22. The standard InChI is InChI=1S/C10H12N2O.ClH/c1-2-12-9-4-3-8(11)5-7(9)6-10(12)13;/h3-5H,2,6,11H2,1H3;1H. The van der Waals surface area contributed by atoms with Gasteiger partial charge in [-0.15, -0.1) is 12.4 Å². The Morgan fingerprint density at radius 1 is 1.50 bits per heavy atom. The van der Waals surface area contributed by atoms with Crippen molar-refractivity contribution in [1.29, 1.82) is 0 Å². The summed E-state index contributed by atoms with van der Waals surface area (Å²) in [5.74, 6) is 0.170. The monoisotopic (exact) mass is 212 g/mol. The van der Waals surface area contributed by atoms with Crippen LogP contribution >= 0.6 is 12.4 Å². The molecule has 0 bridgehead atoms. The van der Waals surface area contributed by atoms with Gasteiger partial charge in [0.2, 0.25) is 5.91 Å². The van der Waals surface area contributed by atoms with Crippen LogP contribution in [-0.4, -0.2) is 12.5 Å². The molecule has 76 valence electrons. The van der Waals surface area contributed by atoms with Crippen molar-refractivity contribution in [1.82, 2.24) is 0 Å². The fraction of sp³-hybridized carbons (Fsp3) is 0.300. The van der Waals surface area contributed by atoms with E-state index in [2.05, 4.69) is 0 Å². The highest BCUT2D eigenvalue weighted by molar-refractivity contribution is 6.01. The van der Waals surface area contributed by atoms with Crippen molar-refractivity contribution in [3.05, 3.63) is 23.8 Å². The van der Waals surface area contributed by atoms with Crippen molar-refractivity contribution < 1.29 is 4.79 Å². The van der Waals surface area contributed by atoms with Crippen LogP contribution in [0.5, 0.6) is 0 Å². The first-order chi connectivity index (χ1) is 6.22. The predicted molar refractivity (Wildman–Crippen MR) is 59.8 cm³/mol. The summed E-state index contributed by atoms with van der Waals surface area (Å²) in [6.07, 6.45) is 0.494. The van der Waals surface area contributed by atoms with Gasteiger partial charge in [0.15, 0.2) is 0 Å². The van der Waals surface area contributed by atoms with E-state index >= 15 is 0 Å². The third-order valence-electron chi connectivity index (χ3n) is 2.35. The van der Waals surface area contributed by atoms with Gasteiger partial charge in [0.1, 0.15) is 0 Å². The van der Waals surface area contributed by atoms with E-state index in [0.29, 0.717) is 6.42 Å². The van der Waals surface area contributed by atoms with Crippen molar-refractivity contribution in [2.24, 2.45) is 0 Å². The van der Waals surface area contributed by atoms with Gasteiger partial charge < -0.3 is 10.6 Å². The van der Waals surface area contributed by atoms with E-state index in [1.54, 1.807) is 4.90 Å². The molecule has 14 heavy (non-hydrogen) atoms. The molecular weight excluding hydrogens is 200 g/mol. The van der Waals surface area contributed by atoms with Crippen LogP contribution in [0.15, 0.2) is 18.2 Å². The molecule has 0 spiro atoms. The third-order valence-corrected chi connectivity index (χ3v) is 2.35. The van der Waals surface area contributed by atoms with Gasteiger partial charge in [-0.3, -0.25) is 4.79 Å². The molecule has 4 heteroatoms. The minimum atomic E-state index is 0. The minimum absolute atomic E-state index is 0. The van der Waals surface area contributed by atoms with Crippen LogP contribution in [0.1, 0.15) is 12.5 Å². The quantitative estimate of drug-likeness (QED) is 0.719. The van der Waals surface area contributed by atoms with Crippen LogP contribution in [0.25, 0.3) is 0 Å². The second-order valence-electron chi connectivity index (χ2n) is 3.20. The molecule has 1 aliphatic rings. The number of fused-ring (bicyclic) bond motifs is 1. The number of anilines is 2. The van der Waals surface area contributed by atoms with Gasteiger partial charge in [0.25, 0.3) is 0 Å². The Bertz CT molecular complexity index is 365. The highest BCUT2D eigenvalue weighted by Crippen LogP contribution is 2.29. The maximum Gasteiger partial charge on any atom is 0.231 e. The van der Waals surface area contributed by atoms with Crippen LogP contribution in [0.2, 0.25) is 0 Å². The first kappa shape index (κ1) is 10.9. The molecular formula is C10H13ClN2O. The normalized spacial score (nSPS) is 13.8. The van der Waals surface area contributed by atoms with E-state index in [1.165, 1.54) is 0 Å². The van der Waals surface area contributed by atoms with Gasteiger partial charge in [-0.05, 0) is 30.7 Å². The fourth-order valence-corrected chi connectivity index (χ4v) is 1.75. The van der Waals surface area contributed by atoms with E-state index in [1.807, 2.05) is 25.1 Å². The van der Waals surface area contributed by atoms with Gasteiger partial charge in [0, 0.05) is 17.9 Å². The number of benzene rings is 1. The first-order valence-corrected chi connectivity index (χ1v) is 4.41. The number of hydrogen-bond donors (Lipinski definition) is 1. The Kier molecular flexibility index (Phi) is 3.01. The highest BCUT2D eigenvalue weighted by atomic mass is 35.5. The lowest BCUT2D eigenvalue weighted by molar-refractivity contribution is -0.117. The summed E-state index contributed by atoms with van der Waals surface area (Å²) >= 11 is 0. The zero-order chi connectivity index (χ0) is 9.42. The van der Waals surface area contributed by atoms with Crippen molar-refractivity contribution >= 4 is 29.7 Å². The largest absolute Gasteiger partial charge is 0.399 e. The van der Waals surface area contributed by atoms with Gasteiger partial charge in [-0.1, -0.05) is 0 Å². The summed E-state index contributed by atoms with van der Waals surface area (Å²) < 4.78 is 0. The van der Waals surface area contributed by atoms with Crippen molar-refractivity contribution in [2.45, 2.75) is 13.3 Å². The SMILES string of the molecule is CCN1C(=O)Cc2cc(N)ccc21.Cl. The molecule has 2 N–H and O–H groups in total. The van der Waals surface area contributed by atoms with E-state index in [9.17, 15) is 4.79 Å². The molecule has 1 amide bonds. The van der Waals surface area contributed by atoms with Gasteiger partial charge >= 0.3 is 0 Å². The maximum atomic E-state index is 11.5. The molecule has 0 unspecified atom stereocenters. The van der Waals surface area contributed by atoms with Gasteiger partial charge in [-0.2, -0.15) is 0 Å².